The first-order chi connectivity index (χ1) is 18.5. The van der Waals surface area contributed by atoms with Gasteiger partial charge in [0, 0.05) is 12.7 Å². The Morgan fingerprint density at radius 1 is 0.897 bits per heavy atom. The first-order valence-corrected chi connectivity index (χ1v) is 13.9. The number of anilines is 3. The first-order valence-electron chi connectivity index (χ1n) is 13.9. The number of rotatable bonds is 6. The third kappa shape index (κ3) is 4.91. The van der Waals surface area contributed by atoms with Crippen molar-refractivity contribution in [3.63, 3.8) is 0 Å². The van der Waals surface area contributed by atoms with Gasteiger partial charge < -0.3 is 28.6 Å². The number of hydrogen-bond acceptors (Lipinski definition) is 8. The summed E-state index contributed by atoms with van der Waals surface area (Å²) >= 11 is 0. The quantitative estimate of drug-likeness (QED) is 0.404. The SMILES string of the molecule is CCOC(=O)[C@H]1OB(c2cccc(N3CN(C)c4cc5c(cc43)C(C)(C)CCC5(C)C)c2)O[C@@H]1C(=O)OCC. The van der Waals surface area contributed by atoms with Crippen molar-refractivity contribution in [2.45, 2.75) is 77.4 Å². The normalized spacial score (nSPS) is 22.9. The molecule has 208 valence electrons. The predicted molar refractivity (Wildman–Crippen MR) is 152 cm³/mol. The topological polar surface area (TPSA) is 77.5 Å². The Morgan fingerprint density at radius 2 is 1.44 bits per heavy atom. The van der Waals surface area contributed by atoms with Crippen molar-refractivity contribution in [1.29, 1.82) is 0 Å². The molecule has 2 aromatic carbocycles. The molecule has 2 atom stereocenters. The number of fused-ring (bicyclic) bond motifs is 2. The molecule has 9 heteroatoms. The van der Waals surface area contributed by atoms with Crippen LogP contribution in [0.5, 0.6) is 0 Å². The third-order valence-corrected chi connectivity index (χ3v) is 8.31. The number of ether oxygens (including phenoxy) is 2. The van der Waals surface area contributed by atoms with E-state index in [0.29, 0.717) is 12.1 Å². The molecule has 0 radical (unpaired) electrons. The summed E-state index contributed by atoms with van der Waals surface area (Å²) in [6.07, 6.45) is -0.0549. The molecule has 2 heterocycles. The summed E-state index contributed by atoms with van der Waals surface area (Å²) in [5.41, 5.74) is 7.15. The Hall–Kier alpha value is -3.04. The van der Waals surface area contributed by atoms with Crippen LogP contribution in [0.1, 0.15) is 65.5 Å². The van der Waals surface area contributed by atoms with E-state index in [2.05, 4.69) is 62.7 Å². The van der Waals surface area contributed by atoms with Crippen LogP contribution in [0.25, 0.3) is 0 Å². The second-order valence-corrected chi connectivity index (χ2v) is 12.0. The van der Waals surface area contributed by atoms with Gasteiger partial charge >= 0.3 is 19.1 Å². The summed E-state index contributed by atoms with van der Waals surface area (Å²) in [6, 6.07) is 12.6. The fraction of sp³-hybridized carbons (Fsp3) is 0.533. The summed E-state index contributed by atoms with van der Waals surface area (Å²) in [5.74, 6) is -1.28. The van der Waals surface area contributed by atoms with Crippen LogP contribution in [0, 0.1) is 0 Å². The molecule has 3 aliphatic rings. The molecule has 8 nitrogen and oxygen atoms in total. The van der Waals surface area contributed by atoms with Crippen molar-refractivity contribution in [3.05, 3.63) is 47.5 Å². The van der Waals surface area contributed by atoms with E-state index in [9.17, 15) is 9.59 Å². The molecule has 1 aliphatic carbocycles. The van der Waals surface area contributed by atoms with Gasteiger partial charge in [-0.05, 0) is 78.4 Å². The molecule has 0 spiro atoms. The van der Waals surface area contributed by atoms with Crippen LogP contribution in [0.3, 0.4) is 0 Å². The van der Waals surface area contributed by atoms with Gasteiger partial charge in [0.25, 0.3) is 0 Å². The van der Waals surface area contributed by atoms with Gasteiger partial charge in [-0.15, -0.1) is 0 Å². The van der Waals surface area contributed by atoms with Crippen LogP contribution < -0.4 is 15.3 Å². The lowest BCUT2D eigenvalue weighted by molar-refractivity contribution is -0.163. The average molecular weight is 534 g/mol. The molecule has 1 fully saturated rings. The molecular formula is C30H39BN2O6. The summed E-state index contributed by atoms with van der Waals surface area (Å²) in [5, 5.41) is 0. The van der Waals surface area contributed by atoms with E-state index in [0.717, 1.165) is 12.1 Å². The Morgan fingerprint density at radius 3 is 1.97 bits per heavy atom. The number of esters is 2. The summed E-state index contributed by atoms with van der Waals surface area (Å²) in [4.78, 5) is 29.7. The van der Waals surface area contributed by atoms with E-state index < -0.39 is 31.3 Å². The largest absolute Gasteiger partial charge is 0.495 e. The second-order valence-electron chi connectivity index (χ2n) is 12.0. The van der Waals surface area contributed by atoms with Gasteiger partial charge in [0.2, 0.25) is 0 Å². The lowest BCUT2D eigenvalue weighted by Gasteiger charge is -2.42. The van der Waals surface area contributed by atoms with Gasteiger partial charge in [-0.1, -0.05) is 39.8 Å². The maximum Gasteiger partial charge on any atom is 0.495 e. The molecule has 1 saturated heterocycles. The zero-order chi connectivity index (χ0) is 28.1. The third-order valence-electron chi connectivity index (χ3n) is 8.31. The summed E-state index contributed by atoms with van der Waals surface area (Å²) in [6.45, 7) is 13.8. The van der Waals surface area contributed by atoms with Gasteiger partial charge in [-0.25, -0.2) is 9.59 Å². The molecule has 2 aliphatic heterocycles. The van der Waals surface area contributed by atoms with E-state index in [1.54, 1.807) is 13.8 Å². The van der Waals surface area contributed by atoms with Crippen molar-refractivity contribution in [1.82, 2.24) is 0 Å². The van der Waals surface area contributed by atoms with Crippen LogP contribution in [0.4, 0.5) is 17.1 Å². The summed E-state index contributed by atoms with van der Waals surface area (Å²) in [7, 11) is 1.21. The van der Waals surface area contributed by atoms with Crippen LogP contribution in [0.15, 0.2) is 36.4 Å². The number of carbonyl (C=O) groups excluding carboxylic acids is 2. The molecular weight excluding hydrogens is 495 g/mol. The zero-order valence-corrected chi connectivity index (χ0v) is 24.1. The zero-order valence-electron chi connectivity index (χ0n) is 24.1. The minimum absolute atomic E-state index is 0.101. The standard InChI is InChI=1S/C30H39BN2O6/c1-8-36-27(34)25-26(28(35)37-9-2)39-31(38-25)19-11-10-12-20(15-19)33-18-32(7)23-16-21-22(17-24(23)33)30(5,6)14-13-29(21,3)4/h10-12,15-17,25-26H,8-9,13-14,18H2,1-7H3/t25-,26-/m0/s1. The summed E-state index contributed by atoms with van der Waals surface area (Å²) < 4.78 is 22.2. The fourth-order valence-corrected chi connectivity index (χ4v) is 5.94. The lowest BCUT2D eigenvalue weighted by Crippen LogP contribution is -2.39. The van der Waals surface area contributed by atoms with Gasteiger partial charge in [0.15, 0.2) is 12.2 Å². The molecule has 0 aromatic heterocycles. The average Bonchev–Trinajstić information content (AvgIpc) is 3.49. The second kappa shape index (κ2) is 10.2. The van der Waals surface area contributed by atoms with E-state index >= 15 is 0 Å². The predicted octanol–water partition coefficient (Wildman–Crippen LogP) is 4.19. The van der Waals surface area contributed by atoms with E-state index in [-0.39, 0.29) is 24.0 Å². The molecule has 39 heavy (non-hydrogen) atoms. The molecule has 5 rings (SSSR count). The number of hydrogen-bond donors (Lipinski definition) is 0. The van der Waals surface area contributed by atoms with Gasteiger partial charge in [0.1, 0.15) is 0 Å². The monoisotopic (exact) mass is 534 g/mol. The molecule has 0 N–H and O–H groups in total. The van der Waals surface area contributed by atoms with E-state index in [4.69, 9.17) is 18.8 Å². The van der Waals surface area contributed by atoms with Crippen LogP contribution in [0.2, 0.25) is 0 Å². The van der Waals surface area contributed by atoms with Crippen molar-refractivity contribution in [2.75, 3.05) is 36.7 Å². The number of nitrogens with zero attached hydrogens (tertiary/aromatic N) is 2. The van der Waals surface area contributed by atoms with E-state index in [1.165, 1.54) is 28.9 Å². The Labute approximate surface area is 231 Å². The minimum Gasteiger partial charge on any atom is -0.464 e. The highest BCUT2D eigenvalue weighted by molar-refractivity contribution is 6.62. The van der Waals surface area contributed by atoms with Crippen LogP contribution in [-0.4, -0.2) is 58.2 Å². The molecule has 2 aromatic rings. The Bertz CT molecular complexity index is 1250. The van der Waals surface area contributed by atoms with Gasteiger partial charge in [0.05, 0.1) is 31.3 Å². The molecule has 0 bridgehead atoms. The maximum absolute atomic E-state index is 12.6. The fourth-order valence-electron chi connectivity index (χ4n) is 5.94. The molecule has 0 saturated carbocycles. The maximum atomic E-state index is 12.6. The highest BCUT2D eigenvalue weighted by Gasteiger charge is 2.50. The van der Waals surface area contributed by atoms with Crippen LogP contribution in [-0.2, 0) is 39.2 Å². The van der Waals surface area contributed by atoms with Gasteiger partial charge in [-0.3, -0.25) is 0 Å². The van der Waals surface area contributed by atoms with Crippen molar-refractivity contribution in [2.24, 2.45) is 0 Å². The van der Waals surface area contributed by atoms with Crippen molar-refractivity contribution < 1.29 is 28.4 Å². The highest BCUT2D eigenvalue weighted by Crippen LogP contribution is 2.51. The van der Waals surface area contributed by atoms with E-state index in [1.807, 2.05) is 18.2 Å². The smallest absolute Gasteiger partial charge is 0.464 e. The minimum atomic E-state index is -1.19. The Balaban J connectivity index is 1.47. The van der Waals surface area contributed by atoms with Crippen LogP contribution >= 0.6 is 0 Å². The first kappa shape index (κ1) is 27.5. The molecule has 0 amide bonds. The molecule has 0 unspecified atom stereocenters. The van der Waals surface area contributed by atoms with Gasteiger partial charge in [-0.2, -0.15) is 0 Å². The Kier molecular flexibility index (Phi) is 7.18. The highest BCUT2D eigenvalue weighted by atomic mass is 16.7. The number of benzene rings is 2. The van der Waals surface area contributed by atoms with Crippen molar-refractivity contribution in [3.8, 4) is 0 Å². The van der Waals surface area contributed by atoms with Crippen molar-refractivity contribution >= 4 is 41.6 Å². The number of carbonyl (C=O) groups is 2. The lowest BCUT2D eigenvalue weighted by atomic mass is 9.63.